The number of hydrogen-bond donors (Lipinski definition) is 1. The lowest BCUT2D eigenvalue weighted by Gasteiger charge is -2.22. The van der Waals surface area contributed by atoms with Crippen LogP contribution in [0.3, 0.4) is 0 Å². The zero-order valence-electron chi connectivity index (χ0n) is 9.89. The summed E-state index contributed by atoms with van der Waals surface area (Å²) in [6, 6.07) is 1.50. The fourth-order valence-corrected chi connectivity index (χ4v) is 1.65. The summed E-state index contributed by atoms with van der Waals surface area (Å²) in [6.07, 6.45) is -11.2. The first-order valence-electron chi connectivity index (χ1n) is 5.35. The molecular weight excluding hydrogens is 311 g/mol. The largest absolute Gasteiger partial charge is 0.458 e. The zero-order chi connectivity index (χ0) is 16.1. The molecular formula is C11H6F7NO2. The fourth-order valence-electron chi connectivity index (χ4n) is 1.65. The van der Waals surface area contributed by atoms with Crippen molar-refractivity contribution >= 4 is 5.71 Å². The fraction of sp³-hybridized carbons (Fsp3) is 0.364. The Morgan fingerprint density at radius 2 is 1.76 bits per heavy atom. The number of hydrogen-bond acceptors (Lipinski definition) is 3. The minimum atomic E-state index is -5.15. The Morgan fingerprint density at radius 1 is 1.14 bits per heavy atom. The topological polar surface area (TPSA) is 41.8 Å². The summed E-state index contributed by atoms with van der Waals surface area (Å²) in [7, 11) is 0. The number of nitrogens with zero attached hydrogens (tertiary/aromatic N) is 1. The summed E-state index contributed by atoms with van der Waals surface area (Å²) in [5, 5.41) is 12.1. The van der Waals surface area contributed by atoms with E-state index in [0.717, 1.165) is 6.07 Å². The maximum Gasteiger partial charge on any atom is 0.458 e. The molecule has 116 valence electrons. The number of halogens is 7. The number of rotatable bonds is 1. The minimum absolute atomic E-state index is 0.347. The van der Waals surface area contributed by atoms with Crippen molar-refractivity contribution in [2.24, 2.45) is 5.16 Å². The van der Waals surface area contributed by atoms with Gasteiger partial charge in [-0.1, -0.05) is 11.2 Å². The second kappa shape index (κ2) is 4.58. The van der Waals surface area contributed by atoms with E-state index in [4.69, 9.17) is 0 Å². The van der Waals surface area contributed by atoms with E-state index in [1.807, 2.05) is 0 Å². The lowest BCUT2D eigenvalue weighted by atomic mass is 10.0. The van der Waals surface area contributed by atoms with E-state index >= 15 is 0 Å². The number of benzene rings is 1. The van der Waals surface area contributed by atoms with Gasteiger partial charge in [-0.3, -0.25) is 0 Å². The third kappa shape index (κ3) is 2.80. The highest BCUT2D eigenvalue weighted by molar-refractivity contribution is 6.01. The summed E-state index contributed by atoms with van der Waals surface area (Å²) in [6.45, 7) is 0. The minimum Gasteiger partial charge on any atom is -0.350 e. The molecule has 3 nitrogen and oxygen atoms in total. The molecule has 1 aromatic rings. The first-order valence-corrected chi connectivity index (χ1v) is 5.35. The molecule has 1 aromatic carbocycles. The standard InChI is InChI=1S/C11H6F7NO2/c12-7-3-5(1-2-6(7)10(13,14)15)8-4-9(20,21-19-8)11(16,17)18/h1-3,20H,4H2. The normalized spacial score (nSPS) is 23.0. The maximum absolute atomic E-state index is 13.3. The third-order valence-electron chi connectivity index (χ3n) is 2.76. The average molecular weight is 317 g/mol. The lowest BCUT2D eigenvalue weighted by Crippen LogP contribution is -2.45. The van der Waals surface area contributed by atoms with Gasteiger partial charge in [-0.25, -0.2) is 4.39 Å². The molecule has 1 unspecified atom stereocenters. The molecule has 0 fully saturated rings. The highest BCUT2D eigenvalue weighted by atomic mass is 19.4. The molecule has 0 spiro atoms. The van der Waals surface area contributed by atoms with Gasteiger partial charge < -0.3 is 9.94 Å². The summed E-state index contributed by atoms with van der Waals surface area (Å²) in [5.41, 5.74) is -2.42. The predicted molar refractivity (Wildman–Crippen MR) is 54.6 cm³/mol. The Balaban J connectivity index is 2.28. The molecule has 1 atom stereocenters. The van der Waals surface area contributed by atoms with Crippen LogP contribution in [-0.2, 0) is 11.0 Å². The quantitative estimate of drug-likeness (QED) is 0.808. The SMILES string of the molecule is OC1(C(F)(F)F)CC(c2ccc(C(F)(F)F)c(F)c2)=NO1. The second-order valence-corrected chi connectivity index (χ2v) is 4.28. The van der Waals surface area contributed by atoms with Gasteiger partial charge in [0.25, 0.3) is 0 Å². The van der Waals surface area contributed by atoms with Crippen LogP contribution in [0.4, 0.5) is 30.7 Å². The number of alkyl halides is 6. The van der Waals surface area contributed by atoms with Gasteiger partial charge in [0.15, 0.2) is 0 Å². The van der Waals surface area contributed by atoms with Crippen LogP contribution in [0.1, 0.15) is 17.5 Å². The van der Waals surface area contributed by atoms with Crippen LogP contribution in [0.5, 0.6) is 0 Å². The monoisotopic (exact) mass is 317 g/mol. The molecule has 0 amide bonds. The van der Waals surface area contributed by atoms with Crippen molar-refractivity contribution in [3.05, 3.63) is 35.1 Å². The van der Waals surface area contributed by atoms with E-state index in [1.165, 1.54) is 0 Å². The second-order valence-electron chi connectivity index (χ2n) is 4.28. The summed E-state index contributed by atoms with van der Waals surface area (Å²) >= 11 is 0. The van der Waals surface area contributed by atoms with Crippen LogP contribution in [-0.4, -0.2) is 22.8 Å². The molecule has 2 rings (SSSR count). The van der Waals surface area contributed by atoms with Crippen LogP contribution in [0.25, 0.3) is 0 Å². The van der Waals surface area contributed by atoms with Crippen molar-refractivity contribution in [1.82, 2.24) is 0 Å². The smallest absolute Gasteiger partial charge is 0.350 e. The molecule has 1 N–H and O–H groups in total. The molecule has 0 radical (unpaired) electrons. The van der Waals surface area contributed by atoms with Gasteiger partial charge in [0.1, 0.15) is 5.82 Å². The van der Waals surface area contributed by atoms with Gasteiger partial charge in [-0.15, -0.1) is 0 Å². The van der Waals surface area contributed by atoms with Crippen LogP contribution in [0, 0.1) is 5.82 Å². The van der Waals surface area contributed by atoms with E-state index in [-0.39, 0.29) is 5.56 Å². The van der Waals surface area contributed by atoms with E-state index in [2.05, 4.69) is 9.99 Å². The number of oxime groups is 1. The first kappa shape index (κ1) is 15.5. The van der Waals surface area contributed by atoms with Crippen LogP contribution in [0.2, 0.25) is 0 Å². The third-order valence-corrected chi connectivity index (χ3v) is 2.76. The highest BCUT2D eigenvalue weighted by Crippen LogP contribution is 2.39. The van der Waals surface area contributed by atoms with E-state index < -0.39 is 41.7 Å². The van der Waals surface area contributed by atoms with Gasteiger partial charge in [0.2, 0.25) is 0 Å². The molecule has 10 heteroatoms. The van der Waals surface area contributed by atoms with Gasteiger partial charge in [-0.2, -0.15) is 26.3 Å². The van der Waals surface area contributed by atoms with E-state index in [0.29, 0.717) is 12.1 Å². The molecule has 0 bridgehead atoms. The summed E-state index contributed by atoms with van der Waals surface area (Å²) in [4.78, 5) is 3.88. The van der Waals surface area contributed by atoms with E-state index in [1.54, 1.807) is 0 Å². The number of aliphatic hydroxyl groups is 1. The average Bonchev–Trinajstić information content (AvgIpc) is 2.71. The first-order chi connectivity index (χ1) is 9.44. The van der Waals surface area contributed by atoms with Crippen LogP contribution in [0.15, 0.2) is 23.4 Å². The molecule has 0 aromatic heterocycles. The molecule has 1 aliphatic rings. The van der Waals surface area contributed by atoms with E-state index in [9.17, 15) is 35.8 Å². The Labute approximate surface area is 112 Å². The van der Waals surface area contributed by atoms with Crippen molar-refractivity contribution in [1.29, 1.82) is 0 Å². The molecule has 1 heterocycles. The van der Waals surface area contributed by atoms with Gasteiger partial charge in [0.05, 0.1) is 17.7 Å². The Morgan fingerprint density at radius 3 is 2.19 bits per heavy atom. The van der Waals surface area contributed by atoms with Crippen LogP contribution >= 0.6 is 0 Å². The molecule has 0 saturated carbocycles. The van der Waals surface area contributed by atoms with Crippen molar-refractivity contribution in [2.45, 2.75) is 24.6 Å². The van der Waals surface area contributed by atoms with Gasteiger partial charge in [-0.05, 0) is 12.1 Å². The molecule has 0 saturated heterocycles. The Kier molecular flexibility index (Phi) is 3.39. The molecule has 1 aliphatic heterocycles. The predicted octanol–water partition coefficient (Wildman–Crippen LogP) is 3.22. The van der Waals surface area contributed by atoms with Crippen molar-refractivity contribution in [3.63, 3.8) is 0 Å². The maximum atomic E-state index is 13.3. The molecule has 0 aliphatic carbocycles. The summed E-state index contributed by atoms with van der Waals surface area (Å²) < 4.78 is 87.8. The summed E-state index contributed by atoms with van der Waals surface area (Å²) in [5.74, 6) is -5.23. The highest BCUT2D eigenvalue weighted by Gasteiger charge is 2.60. The van der Waals surface area contributed by atoms with Gasteiger partial charge >= 0.3 is 18.1 Å². The lowest BCUT2D eigenvalue weighted by molar-refractivity contribution is -0.355. The molecule has 21 heavy (non-hydrogen) atoms. The van der Waals surface area contributed by atoms with Crippen molar-refractivity contribution in [3.8, 4) is 0 Å². The Bertz CT molecular complexity index is 593. The van der Waals surface area contributed by atoms with Gasteiger partial charge in [0, 0.05) is 5.56 Å². The van der Waals surface area contributed by atoms with Crippen LogP contribution < -0.4 is 0 Å². The van der Waals surface area contributed by atoms with Crippen molar-refractivity contribution in [2.75, 3.05) is 0 Å². The Hall–Kier alpha value is -1.84. The zero-order valence-corrected chi connectivity index (χ0v) is 9.89. The van der Waals surface area contributed by atoms with Crippen molar-refractivity contribution < 1.29 is 40.7 Å².